The Morgan fingerprint density at radius 2 is 2.05 bits per heavy atom. The predicted octanol–water partition coefficient (Wildman–Crippen LogP) is 3.08. The highest BCUT2D eigenvalue weighted by Crippen LogP contribution is 2.20. The fourth-order valence-electron chi connectivity index (χ4n) is 2.18. The summed E-state index contributed by atoms with van der Waals surface area (Å²) in [6.07, 6.45) is 4.66. The van der Waals surface area contributed by atoms with Crippen LogP contribution in [0.1, 0.15) is 49.9 Å². The zero-order chi connectivity index (χ0) is 13.7. The van der Waals surface area contributed by atoms with Gasteiger partial charge in [0.25, 0.3) is 5.91 Å². The molecule has 104 valence electrons. The molecule has 1 fully saturated rings. The molecular weight excluding hydrogens is 242 g/mol. The van der Waals surface area contributed by atoms with E-state index >= 15 is 0 Å². The van der Waals surface area contributed by atoms with Gasteiger partial charge in [0.2, 0.25) is 0 Å². The Kier molecular flexibility index (Phi) is 4.80. The van der Waals surface area contributed by atoms with Gasteiger partial charge >= 0.3 is 0 Å². The number of carbonyl (C=O) groups is 1. The highest BCUT2D eigenvalue weighted by Gasteiger charge is 2.17. The van der Waals surface area contributed by atoms with E-state index in [1.54, 1.807) is 12.1 Å². The number of rotatable bonds is 5. The van der Waals surface area contributed by atoms with E-state index in [0.29, 0.717) is 11.3 Å². The molecule has 1 aliphatic rings. The van der Waals surface area contributed by atoms with E-state index in [2.05, 4.69) is 5.48 Å². The van der Waals surface area contributed by atoms with Crippen molar-refractivity contribution in [3.05, 3.63) is 29.8 Å². The van der Waals surface area contributed by atoms with E-state index in [-0.39, 0.29) is 18.1 Å². The average molecular weight is 263 g/mol. The standard InChI is InChI=1S/C15H21NO3/c1-11(2)18-14-9-5-6-12(10-14)15(17)16-19-13-7-3-4-8-13/h5-6,9-11,13H,3-4,7-8H2,1-2H3,(H,16,17). The molecule has 4 heteroatoms. The molecule has 0 aromatic heterocycles. The molecule has 1 aliphatic carbocycles. The average Bonchev–Trinajstić information content (AvgIpc) is 2.88. The van der Waals surface area contributed by atoms with Crippen LogP contribution in [0.4, 0.5) is 0 Å². The Labute approximate surface area is 114 Å². The minimum Gasteiger partial charge on any atom is -0.491 e. The van der Waals surface area contributed by atoms with Crippen molar-refractivity contribution in [1.82, 2.24) is 5.48 Å². The molecule has 1 aromatic rings. The van der Waals surface area contributed by atoms with Crippen LogP contribution in [0.15, 0.2) is 24.3 Å². The predicted molar refractivity (Wildman–Crippen MR) is 73.0 cm³/mol. The van der Waals surface area contributed by atoms with Crippen LogP contribution in [0.25, 0.3) is 0 Å². The molecule has 0 unspecified atom stereocenters. The Morgan fingerprint density at radius 3 is 2.74 bits per heavy atom. The number of hydrogen-bond donors (Lipinski definition) is 1. The van der Waals surface area contributed by atoms with Crippen LogP contribution in [0.5, 0.6) is 5.75 Å². The number of carbonyl (C=O) groups excluding carboxylic acids is 1. The first kappa shape index (κ1) is 13.9. The Hall–Kier alpha value is -1.55. The Bertz CT molecular complexity index is 425. The van der Waals surface area contributed by atoms with E-state index in [0.717, 1.165) is 12.8 Å². The van der Waals surface area contributed by atoms with Gasteiger partial charge in [0.05, 0.1) is 12.2 Å². The smallest absolute Gasteiger partial charge is 0.274 e. The van der Waals surface area contributed by atoms with E-state index in [1.165, 1.54) is 12.8 Å². The summed E-state index contributed by atoms with van der Waals surface area (Å²) in [6, 6.07) is 7.13. The van der Waals surface area contributed by atoms with Crippen LogP contribution >= 0.6 is 0 Å². The number of hydrogen-bond acceptors (Lipinski definition) is 3. The van der Waals surface area contributed by atoms with Gasteiger partial charge in [-0.05, 0) is 44.9 Å². The number of nitrogens with one attached hydrogen (secondary N) is 1. The number of amides is 1. The first-order valence-corrected chi connectivity index (χ1v) is 6.88. The van der Waals surface area contributed by atoms with Gasteiger partial charge in [-0.2, -0.15) is 0 Å². The normalized spacial score (nSPS) is 15.7. The lowest BCUT2D eigenvalue weighted by Gasteiger charge is -2.13. The van der Waals surface area contributed by atoms with Gasteiger partial charge in [0.1, 0.15) is 5.75 Å². The minimum atomic E-state index is -0.221. The van der Waals surface area contributed by atoms with Crippen molar-refractivity contribution in [3.8, 4) is 5.75 Å². The molecule has 0 bridgehead atoms. The van der Waals surface area contributed by atoms with E-state index in [4.69, 9.17) is 9.57 Å². The molecule has 19 heavy (non-hydrogen) atoms. The Balaban J connectivity index is 1.90. The monoisotopic (exact) mass is 263 g/mol. The van der Waals surface area contributed by atoms with Gasteiger partial charge in [-0.1, -0.05) is 18.9 Å². The highest BCUT2D eigenvalue weighted by atomic mass is 16.7. The fraction of sp³-hybridized carbons (Fsp3) is 0.533. The van der Waals surface area contributed by atoms with Crippen molar-refractivity contribution in [3.63, 3.8) is 0 Å². The molecule has 0 aliphatic heterocycles. The lowest BCUT2D eigenvalue weighted by atomic mass is 10.2. The molecule has 4 nitrogen and oxygen atoms in total. The molecule has 0 heterocycles. The number of hydroxylamine groups is 1. The van der Waals surface area contributed by atoms with Crippen LogP contribution in [-0.4, -0.2) is 18.1 Å². The van der Waals surface area contributed by atoms with E-state index in [9.17, 15) is 4.79 Å². The molecule has 1 saturated carbocycles. The fourth-order valence-corrected chi connectivity index (χ4v) is 2.18. The third kappa shape index (κ3) is 4.24. The molecule has 0 saturated heterocycles. The zero-order valence-corrected chi connectivity index (χ0v) is 11.5. The second-order valence-corrected chi connectivity index (χ2v) is 5.15. The summed E-state index contributed by atoms with van der Waals surface area (Å²) in [7, 11) is 0. The number of ether oxygens (including phenoxy) is 1. The molecule has 1 aromatic carbocycles. The van der Waals surface area contributed by atoms with Gasteiger partial charge in [0.15, 0.2) is 0 Å². The molecule has 1 amide bonds. The van der Waals surface area contributed by atoms with Gasteiger partial charge in [-0.3, -0.25) is 9.63 Å². The van der Waals surface area contributed by atoms with Gasteiger partial charge in [-0.15, -0.1) is 0 Å². The van der Waals surface area contributed by atoms with Gasteiger partial charge in [0, 0.05) is 5.56 Å². The molecule has 0 radical (unpaired) electrons. The minimum absolute atomic E-state index is 0.0908. The quantitative estimate of drug-likeness (QED) is 0.830. The summed E-state index contributed by atoms with van der Waals surface area (Å²) in [5.74, 6) is 0.477. The lowest BCUT2D eigenvalue weighted by Crippen LogP contribution is -2.28. The van der Waals surface area contributed by atoms with Crippen molar-refractivity contribution in [1.29, 1.82) is 0 Å². The third-order valence-electron chi connectivity index (χ3n) is 3.09. The maximum atomic E-state index is 11.9. The molecule has 2 rings (SSSR count). The van der Waals surface area contributed by atoms with Gasteiger partial charge < -0.3 is 4.74 Å². The number of benzene rings is 1. The summed E-state index contributed by atoms with van der Waals surface area (Å²) in [5, 5.41) is 0. The maximum Gasteiger partial charge on any atom is 0.274 e. The molecule has 1 N–H and O–H groups in total. The summed E-state index contributed by atoms with van der Waals surface area (Å²) in [5.41, 5.74) is 3.08. The summed E-state index contributed by atoms with van der Waals surface area (Å²) in [6.45, 7) is 3.91. The Morgan fingerprint density at radius 1 is 1.32 bits per heavy atom. The lowest BCUT2D eigenvalue weighted by molar-refractivity contribution is -0.0125. The van der Waals surface area contributed by atoms with Crippen molar-refractivity contribution in [2.75, 3.05) is 0 Å². The summed E-state index contributed by atoms with van der Waals surface area (Å²) >= 11 is 0. The van der Waals surface area contributed by atoms with Crippen LogP contribution in [-0.2, 0) is 4.84 Å². The van der Waals surface area contributed by atoms with E-state index < -0.39 is 0 Å². The summed E-state index contributed by atoms with van der Waals surface area (Å²) < 4.78 is 5.56. The zero-order valence-electron chi connectivity index (χ0n) is 11.5. The topological polar surface area (TPSA) is 47.6 Å². The van der Waals surface area contributed by atoms with Crippen LogP contribution < -0.4 is 10.2 Å². The SMILES string of the molecule is CC(C)Oc1cccc(C(=O)NOC2CCCC2)c1. The van der Waals surface area contributed by atoms with Crippen molar-refractivity contribution in [2.45, 2.75) is 51.7 Å². The maximum absolute atomic E-state index is 11.9. The first-order chi connectivity index (χ1) is 9.15. The summed E-state index contributed by atoms with van der Waals surface area (Å²) in [4.78, 5) is 17.3. The second kappa shape index (κ2) is 6.57. The van der Waals surface area contributed by atoms with Crippen LogP contribution in [0, 0.1) is 0 Å². The van der Waals surface area contributed by atoms with Gasteiger partial charge in [-0.25, -0.2) is 5.48 Å². The highest BCUT2D eigenvalue weighted by molar-refractivity contribution is 5.93. The molecular formula is C15H21NO3. The second-order valence-electron chi connectivity index (χ2n) is 5.15. The van der Waals surface area contributed by atoms with E-state index in [1.807, 2.05) is 26.0 Å². The van der Waals surface area contributed by atoms with Crippen molar-refractivity contribution < 1.29 is 14.4 Å². The van der Waals surface area contributed by atoms with Crippen molar-refractivity contribution >= 4 is 5.91 Å². The van der Waals surface area contributed by atoms with Crippen LogP contribution in [0.3, 0.4) is 0 Å². The molecule has 0 atom stereocenters. The molecule has 0 spiro atoms. The first-order valence-electron chi connectivity index (χ1n) is 6.88. The third-order valence-corrected chi connectivity index (χ3v) is 3.09. The van der Waals surface area contributed by atoms with Crippen molar-refractivity contribution in [2.24, 2.45) is 0 Å². The largest absolute Gasteiger partial charge is 0.491 e. The van der Waals surface area contributed by atoms with Crippen LogP contribution in [0.2, 0.25) is 0 Å².